The standard InChI is InChI=1S/C36H40N2O2/c1-4-28(3)37-36(40)34(24-29-17-8-5-9-18-29)38(26-32-23-15-14-16-27(32)2)35(39)25-33(30-19-10-6-11-20-30)31-21-12-7-13-22-31/h5-23,28,33-34H,4,24-26H2,1-3H3,(H,37,40)/t28-,34-/m1/s1. The van der Waals surface area contributed by atoms with Crippen LogP contribution in [0.2, 0.25) is 0 Å². The van der Waals surface area contributed by atoms with Crippen molar-refractivity contribution in [3.05, 3.63) is 143 Å². The molecular weight excluding hydrogens is 492 g/mol. The van der Waals surface area contributed by atoms with Gasteiger partial charge in [0.05, 0.1) is 0 Å². The third kappa shape index (κ3) is 7.69. The van der Waals surface area contributed by atoms with Crippen molar-refractivity contribution in [2.45, 2.75) is 64.6 Å². The minimum atomic E-state index is -0.643. The van der Waals surface area contributed by atoms with E-state index in [-0.39, 0.29) is 30.2 Å². The zero-order chi connectivity index (χ0) is 28.3. The Morgan fingerprint density at radius 2 is 1.27 bits per heavy atom. The first-order chi connectivity index (χ1) is 19.5. The van der Waals surface area contributed by atoms with Crippen molar-refractivity contribution in [2.75, 3.05) is 0 Å². The van der Waals surface area contributed by atoms with Crippen molar-refractivity contribution in [1.29, 1.82) is 0 Å². The van der Waals surface area contributed by atoms with E-state index in [9.17, 15) is 9.59 Å². The molecule has 4 aromatic rings. The molecule has 40 heavy (non-hydrogen) atoms. The second-order valence-corrected chi connectivity index (χ2v) is 10.5. The van der Waals surface area contributed by atoms with Crippen LogP contribution in [0.3, 0.4) is 0 Å². The largest absolute Gasteiger partial charge is 0.352 e. The Morgan fingerprint density at radius 3 is 1.82 bits per heavy atom. The fourth-order valence-electron chi connectivity index (χ4n) is 5.06. The molecule has 0 aliphatic heterocycles. The Balaban J connectivity index is 1.75. The summed E-state index contributed by atoms with van der Waals surface area (Å²) in [4.78, 5) is 30.1. The predicted molar refractivity (Wildman–Crippen MR) is 163 cm³/mol. The normalized spacial score (nSPS) is 12.5. The molecule has 0 saturated carbocycles. The van der Waals surface area contributed by atoms with Gasteiger partial charge in [0.25, 0.3) is 0 Å². The lowest BCUT2D eigenvalue weighted by Gasteiger charge is -2.34. The van der Waals surface area contributed by atoms with Crippen LogP contribution in [0.4, 0.5) is 0 Å². The van der Waals surface area contributed by atoms with Crippen molar-refractivity contribution in [1.82, 2.24) is 10.2 Å². The molecule has 0 bridgehead atoms. The van der Waals surface area contributed by atoms with E-state index >= 15 is 0 Å². The van der Waals surface area contributed by atoms with Gasteiger partial charge in [0.1, 0.15) is 6.04 Å². The maximum atomic E-state index is 14.5. The van der Waals surface area contributed by atoms with Crippen LogP contribution < -0.4 is 5.32 Å². The van der Waals surface area contributed by atoms with Gasteiger partial charge in [-0.25, -0.2) is 0 Å². The van der Waals surface area contributed by atoms with Crippen LogP contribution >= 0.6 is 0 Å². The summed E-state index contributed by atoms with van der Waals surface area (Å²) in [5.74, 6) is -0.276. The molecule has 2 atom stereocenters. The van der Waals surface area contributed by atoms with E-state index in [1.165, 1.54) is 0 Å². The van der Waals surface area contributed by atoms with Crippen LogP contribution in [-0.2, 0) is 22.6 Å². The molecule has 0 aliphatic carbocycles. The molecule has 0 aliphatic rings. The summed E-state index contributed by atoms with van der Waals surface area (Å²) in [7, 11) is 0. The molecule has 0 spiro atoms. The van der Waals surface area contributed by atoms with Crippen LogP contribution in [0.25, 0.3) is 0 Å². The van der Waals surface area contributed by atoms with Gasteiger partial charge < -0.3 is 10.2 Å². The number of hydrogen-bond donors (Lipinski definition) is 1. The number of benzene rings is 4. The highest BCUT2D eigenvalue weighted by molar-refractivity contribution is 5.88. The van der Waals surface area contributed by atoms with E-state index < -0.39 is 6.04 Å². The van der Waals surface area contributed by atoms with Crippen LogP contribution in [-0.4, -0.2) is 28.8 Å². The highest BCUT2D eigenvalue weighted by atomic mass is 16.2. The molecule has 4 aromatic carbocycles. The number of nitrogens with one attached hydrogen (secondary N) is 1. The van der Waals surface area contributed by atoms with Gasteiger partial charge in [0.2, 0.25) is 11.8 Å². The summed E-state index contributed by atoms with van der Waals surface area (Å²) in [6.07, 6.45) is 1.53. The highest BCUT2D eigenvalue weighted by Crippen LogP contribution is 2.30. The Hall–Kier alpha value is -4.18. The van der Waals surface area contributed by atoms with E-state index in [4.69, 9.17) is 0 Å². The zero-order valence-corrected chi connectivity index (χ0v) is 23.8. The third-order valence-electron chi connectivity index (χ3n) is 7.66. The molecule has 0 radical (unpaired) electrons. The first-order valence-corrected chi connectivity index (χ1v) is 14.2. The molecule has 4 heteroatoms. The third-order valence-corrected chi connectivity index (χ3v) is 7.66. The molecule has 4 rings (SSSR count). The molecule has 0 heterocycles. The minimum absolute atomic E-state index is 0.0163. The van der Waals surface area contributed by atoms with E-state index in [1.54, 1.807) is 0 Å². The highest BCUT2D eigenvalue weighted by Gasteiger charge is 2.33. The van der Waals surface area contributed by atoms with E-state index in [0.29, 0.717) is 13.0 Å². The molecule has 4 nitrogen and oxygen atoms in total. The lowest BCUT2D eigenvalue weighted by Crippen LogP contribution is -2.52. The number of carbonyl (C=O) groups is 2. The van der Waals surface area contributed by atoms with Gasteiger partial charge in [-0.15, -0.1) is 0 Å². The Morgan fingerprint density at radius 1 is 0.750 bits per heavy atom. The molecule has 0 unspecified atom stereocenters. The lowest BCUT2D eigenvalue weighted by atomic mass is 9.87. The summed E-state index contributed by atoms with van der Waals surface area (Å²) < 4.78 is 0. The van der Waals surface area contributed by atoms with E-state index in [0.717, 1.165) is 34.2 Å². The van der Waals surface area contributed by atoms with Crippen LogP contribution in [0.1, 0.15) is 60.4 Å². The van der Waals surface area contributed by atoms with Crippen molar-refractivity contribution < 1.29 is 9.59 Å². The predicted octanol–water partition coefficient (Wildman–Crippen LogP) is 7.07. The number of hydrogen-bond acceptors (Lipinski definition) is 2. The Bertz CT molecular complexity index is 1320. The average Bonchev–Trinajstić information content (AvgIpc) is 2.99. The molecule has 2 amide bonds. The first kappa shape index (κ1) is 28.8. The quantitative estimate of drug-likeness (QED) is 0.212. The number of carbonyl (C=O) groups excluding carboxylic acids is 2. The van der Waals surface area contributed by atoms with Gasteiger partial charge in [-0.05, 0) is 48.1 Å². The Kier molecular flexibility index (Phi) is 10.3. The van der Waals surface area contributed by atoms with Crippen LogP contribution in [0, 0.1) is 6.92 Å². The summed E-state index contributed by atoms with van der Waals surface area (Å²) in [5.41, 5.74) is 5.34. The second kappa shape index (κ2) is 14.3. The number of aryl methyl sites for hydroxylation is 1. The monoisotopic (exact) mass is 532 g/mol. The zero-order valence-electron chi connectivity index (χ0n) is 23.8. The van der Waals surface area contributed by atoms with Crippen molar-refractivity contribution in [2.24, 2.45) is 0 Å². The number of nitrogens with zero attached hydrogens (tertiary/aromatic N) is 1. The fourth-order valence-corrected chi connectivity index (χ4v) is 5.06. The SMILES string of the molecule is CC[C@@H](C)NC(=O)[C@@H](Cc1ccccc1)N(Cc1ccccc1C)C(=O)CC(c1ccccc1)c1ccccc1. The fraction of sp³-hybridized carbons (Fsp3) is 0.278. The molecule has 206 valence electrons. The minimum Gasteiger partial charge on any atom is -0.352 e. The van der Waals surface area contributed by atoms with Crippen LogP contribution in [0.15, 0.2) is 115 Å². The smallest absolute Gasteiger partial charge is 0.243 e. The molecule has 0 fully saturated rings. The summed E-state index contributed by atoms with van der Waals surface area (Å²) in [6, 6.07) is 37.8. The maximum absolute atomic E-state index is 14.5. The topological polar surface area (TPSA) is 49.4 Å². The van der Waals surface area contributed by atoms with Gasteiger partial charge in [0.15, 0.2) is 0 Å². The van der Waals surface area contributed by atoms with Gasteiger partial charge in [-0.2, -0.15) is 0 Å². The van der Waals surface area contributed by atoms with Crippen molar-refractivity contribution in [3.8, 4) is 0 Å². The summed E-state index contributed by atoms with van der Waals surface area (Å²) in [6.45, 7) is 6.48. The molecule has 1 N–H and O–H groups in total. The Labute approximate surface area is 239 Å². The van der Waals surface area contributed by atoms with Crippen molar-refractivity contribution >= 4 is 11.8 Å². The lowest BCUT2D eigenvalue weighted by molar-refractivity contribution is -0.141. The average molecular weight is 533 g/mol. The molecule has 0 aromatic heterocycles. The van der Waals surface area contributed by atoms with Gasteiger partial charge >= 0.3 is 0 Å². The molecular formula is C36H40N2O2. The van der Waals surface area contributed by atoms with Gasteiger partial charge in [0, 0.05) is 31.3 Å². The summed E-state index contributed by atoms with van der Waals surface area (Å²) >= 11 is 0. The van der Waals surface area contributed by atoms with Crippen LogP contribution in [0.5, 0.6) is 0 Å². The van der Waals surface area contributed by atoms with E-state index in [1.807, 2.05) is 96.8 Å². The maximum Gasteiger partial charge on any atom is 0.243 e. The van der Waals surface area contributed by atoms with Gasteiger partial charge in [-0.3, -0.25) is 9.59 Å². The number of rotatable bonds is 12. The number of amides is 2. The van der Waals surface area contributed by atoms with Crippen molar-refractivity contribution in [3.63, 3.8) is 0 Å². The van der Waals surface area contributed by atoms with E-state index in [2.05, 4.69) is 49.5 Å². The second-order valence-electron chi connectivity index (χ2n) is 10.5. The summed E-state index contributed by atoms with van der Waals surface area (Å²) in [5, 5.41) is 3.17. The molecule has 0 saturated heterocycles. The first-order valence-electron chi connectivity index (χ1n) is 14.2. The van der Waals surface area contributed by atoms with Gasteiger partial charge in [-0.1, -0.05) is 122 Å².